The molecule has 1 amide bonds. The lowest BCUT2D eigenvalue weighted by Gasteiger charge is -2.41. The van der Waals surface area contributed by atoms with Gasteiger partial charge in [0.05, 0.1) is 12.2 Å². The van der Waals surface area contributed by atoms with Crippen LogP contribution in [0, 0.1) is 13.8 Å². The Morgan fingerprint density at radius 1 is 1.25 bits per heavy atom. The van der Waals surface area contributed by atoms with Crippen molar-refractivity contribution in [3.8, 4) is 5.82 Å². The zero-order valence-corrected chi connectivity index (χ0v) is 17.4. The van der Waals surface area contributed by atoms with Crippen molar-refractivity contribution < 1.29 is 4.79 Å². The topological polar surface area (TPSA) is 66.3 Å². The lowest BCUT2D eigenvalue weighted by molar-refractivity contribution is -0.135. The fourth-order valence-electron chi connectivity index (χ4n) is 4.27. The molecule has 2 aromatic rings. The maximum absolute atomic E-state index is 12.3. The van der Waals surface area contributed by atoms with Crippen LogP contribution in [0.1, 0.15) is 29.8 Å². The molecule has 0 spiro atoms. The summed E-state index contributed by atoms with van der Waals surface area (Å²) < 4.78 is 1.94. The molecule has 4 rings (SSSR count). The third-order valence-corrected chi connectivity index (χ3v) is 5.74. The number of carbonyl (C=O) groups excluding carboxylic acids is 1. The van der Waals surface area contributed by atoms with E-state index < -0.39 is 0 Å². The van der Waals surface area contributed by atoms with Gasteiger partial charge in [-0.05, 0) is 45.4 Å². The van der Waals surface area contributed by atoms with Crippen LogP contribution in [0.5, 0.6) is 0 Å². The Labute approximate surface area is 172 Å². The summed E-state index contributed by atoms with van der Waals surface area (Å²) in [5, 5.41) is 7.89. The molecular weight excluding hydrogens is 376 g/mol. The minimum Gasteiger partial charge on any atom is -0.336 e. The van der Waals surface area contributed by atoms with Gasteiger partial charge in [0.15, 0.2) is 5.82 Å². The normalized spacial score (nSPS) is 20.9. The van der Waals surface area contributed by atoms with Crippen LogP contribution in [-0.4, -0.2) is 69.2 Å². The van der Waals surface area contributed by atoms with Crippen LogP contribution in [0.4, 0.5) is 0 Å². The summed E-state index contributed by atoms with van der Waals surface area (Å²) in [6.07, 6.45) is 4.03. The van der Waals surface area contributed by atoms with E-state index in [1.165, 1.54) is 5.56 Å². The maximum Gasteiger partial charge on any atom is 0.236 e. The fourth-order valence-corrected chi connectivity index (χ4v) is 4.27. The molecule has 2 aromatic heterocycles. The average Bonchev–Trinajstić information content (AvgIpc) is 2.97. The van der Waals surface area contributed by atoms with Crippen molar-refractivity contribution in [3.05, 3.63) is 41.3 Å². The number of aryl methyl sites for hydroxylation is 1. The highest BCUT2D eigenvalue weighted by Crippen LogP contribution is 2.23. The molecule has 28 heavy (non-hydrogen) atoms. The van der Waals surface area contributed by atoms with Crippen molar-refractivity contribution in [2.45, 2.75) is 39.3 Å². The summed E-state index contributed by atoms with van der Waals surface area (Å²) >= 11 is 0. The number of aromatic nitrogens is 3. The number of piperazine rings is 1. The summed E-state index contributed by atoms with van der Waals surface area (Å²) in [5.74, 6) is 1.09. The summed E-state index contributed by atoms with van der Waals surface area (Å²) in [6, 6.07) is 6.22. The van der Waals surface area contributed by atoms with Crippen LogP contribution in [0.2, 0.25) is 0 Å². The number of carbonyl (C=O) groups is 1. The van der Waals surface area contributed by atoms with Crippen LogP contribution in [0.15, 0.2) is 24.4 Å². The van der Waals surface area contributed by atoms with Gasteiger partial charge >= 0.3 is 0 Å². The molecule has 2 aliphatic heterocycles. The average molecular weight is 405 g/mol. The zero-order chi connectivity index (χ0) is 18.8. The SMILES string of the molecule is Cc1nn(-c2ccccn2)c(C)c1CN1CCCC(N2CCNCC2=O)C1.Cl. The van der Waals surface area contributed by atoms with E-state index in [9.17, 15) is 4.79 Å². The summed E-state index contributed by atoms with van der Waals surface area (Å²) in [5.41, 5.74) is 3.47. The van der Waals surface area contributed by atoms with Gasteiger partial charge in [-0.3, -0.25) is 9.69 Å². The first-order valence-corrected chi connectivity index (χ1v) is 9.82. The largest absolute Gasteiger partial charge is 0.336 e. The van der Waals surface area contributed by atoms with Crippen LogP contribution in [0.25, 0.3) is 5.82 Å². The van der Waals surface area contributed by atoms with Crippen LogP contribution in [-0.2, 0) is 11.3 Å². The van der Waals surface area contributed by atoms with Gasteiger partial charge in [0.25, 0.3) is 0 Å². The Morgan fingerprint density at radius 2 is 2.11 bits per heavy atom. The Balaban J connectivity index is 0.00000225. The Kier molecular flexibility index (Phi) is 6.69. The Bertz CT molecular complexity index is 809. The molecule has 0 radical (unpaired) electrons. The molecule has 2 aliphatic rings. The summed E-state index contributed by atoms with van der Waals surface area (Å²) in [7, 11) is 0. The Morgan fingerprint density at radius 3 is 2.86 bits per heavy atom. The van der Waals surface area contributed by atoms with E-state index in [1.807, 2.05) is 22.9 Å². The van der Waals surface area contributed by atoms with Crippen molar-refractivity contribution >= 4 is 18.3 Å². The highest BCUT2D eigenvalue weighted by molar-refractivity contribution is 5.85. The number of rotatable bonds is 4. The number of amides is 1. The van der Waals surface area contributed by atoms with E-state index in [0.29, 0.717) is 12.6 Å². The van der Waals surface area contributed by atoms with Gasteiger partial charge in [0.2, 0.25) is 5.91 Å². The lowest BCUT2D eigenvalue weighted by atomic mass is 10.0. The van der Waals surface area contributed by atoms with Gasteiger partial charge in [0.1, 0.15) is 0 Å². The number of pyridine rings is 1. The smallest absolute Gasteiger partial charge is 0.236 e. The van der Waals surface area contributed by atoms with Crippen LogP contribution < -0.4 is 5.32 Å². The Hall–Kier alpha value is -1.96. The molecule has 0 saturated carbocycles. The standard InChI is InChI=1S/C20H28N6O.ClH/c1-15-18(16(2)26(23-15)19-7-3-4-8-22-19)14-24-10-5-6-17(13-24)25-11-9-21-12-20(25)27;/h3-4,7-8,17,21H,5-6,9-14H2,1-2H3;1H. The molecule has 2 saturated heterocycles. The van der Waals surface area contributed by atoms with Gasteiger partial charge < -0.3 is 10.2 Å². The van der Waals surface area contributed by atoms with Gasteiger partial charge in [0, 0.05) is 49.7 Å². The van der Waals surface area contributed by atoms with Gasteiger partial charge in [-0.25, -0.2) is 9.67 Å². The summed E-state index contributed by atoms with van der Waals surface area (Å²) in [4.78, 5) is 21.2. The van der Waals surface area contributed by atoms with Crippen molar-refractivity contribution in [1.82, 2.24) is 29.9 Å². The van der Waals surface area contributed by atoms with Gasteiger partial charge in [-0.2, -0.15) is 5.10 Å². The van der Waals surface area contributed by atoms with E-state index in [0.717, 1.165) is 62.8 Å². The first kappa shape index (κ1) is 20.8. The number of hydrogen-bond acceptors (Lipinski definition) is 5. The second-order valence-electron chi connectivity index (χ2n) is 7.54. The third-order valence-electron chi connectivity index (χ3n) is 5.74. The van der Waals surface area contributed by atoms with Crippen molar-refractivity contribution in [1.29, 1.82) is 0 Å². The van der Waals surface area contributed by atoms with Crippen LogP contribution >= 0.6 is 12.4 Å². The van der Waals surface area contributed by atoms with Crippen LogP contribution in [0.3, 0.4) is 0 Å². The number of likely N-dealkylation sites (tertiary alicyclic amines) is 1. The van der Waals surface area contributed by atoms with E-state index in [2.05, 4.69) is 33.9 Å². The highest BCUT2D eigenvalue weighted by atomic mass is 35.5. The predicted molar refractivity (Wildman–Crippen MR) is 111 cm³/mol. The van der Waals surface area contributed by atoms with E-state index in [4.69, 9.17) is 5.10 Å². The molecule has 1 unspecified atom stereocenters. The molecule has 1 atom stereocenters. The minimum absolute atomic E-state index is 0. The molecular formula is C20H29ClN6O. The first-order chi connectivity index (χ1) is 13.1. The highest BCUT2D eigenvalue weighted by Gasteiger charge is 2.30. The molecule has 152 valence electrons. The predicted octanol–water partition coefficient (Wildman–Crippen LogP) is 1.70. The number of hydrogen-bond donors (Lipinski definition) is 1. The minimum atomic E-state index is 0. The lowest BCUT2D eigenvalue weighted by Crippen LogP contribution is -2.56. The molecule has 8 heteroatoms. The van der Waals surface area contributed by atoms with E-state index >= 15 is 0 Å². The quantitative estimate of drug-likeness (QED) is 0.840. The molecule has 0 bridgehead atoms. The molecule has 0 aliphatic carbocycles. The van der Waals surface area contributed by atoms with Crippen molar-refractivity contribution in [2.24, 2.45) is 0 Å². The van der Waals surface area contributed by atoms with Crippen molar-refractivity contribution in [3.63, 3.8) is 0 Å². The molecule has 4 heterocycles. The number of nitrogens with one attached hydrogen (secondary N) is 1. The maximum atomic E-state index is 12.3. The molecule has 7 nitrogen and oxygen atoms in total. The molecule has 2 fully saturated rings. The first-order valence-electron chi connectivity index (χ1n) is 9.82. The third kappa shape index (κ3) is 4.21. The van der Waals surface area contributed by atoms with E-state index in [-0.39, 0.29) is 18.3 Å². The second kappa shape index (κ2) is 9.03. The summed E-state index contributed by atoms with van der Waals surface area (Å²) in [6.45, 7) is 9.29. The number of piperidine rings is 1. The van der Waals surface area contributed by atoms with Gasteiger partial charge in [-0.15, -0.1) is 12.4 Å². The monoisotopic (exact) mass is 404 g/mol. The van der Waals surface area contributed by atoms with Gasteiger partial charge in [-0.1, -0.05) is 6.07 Å². The number of nitrogens with zero attached hydrogens (tertiary/aromatic N) is 5. The van der Waals surface area contributed by atoms with Crippen molar-refractivity contribution in [2.75, 3.05) is 32.7 Å². The molecule has 1 N–H and O–H groups in total. The molecule has 0 aromatic carbocycles. The zero-order valence-electron chi connectivity index (χ0n) is 16.6. The fraction of sp³-hybridized carbons (Fsp3) is 0.550. The van der Waals surface area contributed by atoms with E-state index in [1.54, 1.807) is 6.20 Å². The second-order valence-corrected chi connectivity index (χ2v) is 7.54. The number of halogens is 1.